The van der Waals surface area contributed by atoms with E-state index in [-0.39, 0.29) is 0 Å². The topological polar surface area (TPSA) is 69.1 Å². The van der Waals surface area contributed by atoms with Crippen molar-refractivity contribution < 1.29 is 4.79 Å². The molecule has 0 saturated carbocycles. The van der Waals surface area contributed by atoms with E-state index in [1.165, 1.54) is 0 Å². The summed E-state index contributed by atoms with van der Waals surface area (Å²) >= 11 is 5.75. The van der Waals surface area contributed by atoms with Gasteiger partial charge in [0.1, 0.15) is 5.54 Å². The molecule has 0 aliphatic carbocycles. The maximum absolute atomic E-state index is 11.0. The molecule has 0 spiro atoms. The Morgan fingerprint density at radius 3 is 2.62 bits per heavy atom. The minimum atomic E-state index is -1.16. The van der Waals surface area contributed by atoms with Gasteiger partial charge in [0.15, 0.2) is 0 Å². The molecule has 0 bridgehead atoms. The lowest BCUT2D eigenvalue weighted by molar-refractivity contribution is -0.122. The van der Waals surface area contributed by atoms with Gasteiger partial charge in [-0.2, -0.15) is 0 Å². The summed E-state index contributed by atoms with van der Waals surface area (Å²) in [7, 11) is 0. The number of benzene rings is 1. The second-order valence-electron chi connectivity index (χ2n) is 3.08. The van der Waals surface area contributed by atoms with Crippen molar-refractivity contribution in [1.29, 1.82) is 0 Å². The Labute approximate surface area is 81.7 Å². The lowest BCUT2D eigenvalue weighted by Crippen LogP contribution is -2.46. The molecule has 1 aromatic rings. The highest BCUT2D eigenvalue weighted by Gasteiger charge is 2.27. The van der Waals surface area contributed by atoms with Crippen molar-refractivity contribution in [1.82, 2.24) is 0 Å². The fourth-order valence-electron chi connectivity index (χ4n) is 0.954. The molecular formula is C9H11ClN2O. The average molecular weight is 199 g/mol. The molecule has 13 heavy (non-hydrogen) atoms. The van der Waals surface area contributed by atoms with Crippen LogP contribution < -0.4 is 11.5 Å². The number of nitrogens with two attached hydrogens (primary N) is 2. The average Bonchev–Trinajstić information content (AvgIpc) is 2.04. The van der Waals surface area contributed by atoms with Crippen LogP contribution in [-0.2, 0) is 10.3 Å². The predicted molar refractivity (Wildman–Crippen MR) is 52.2 cm³/mol. The van der Waals surface area contributed by atoms with Gasteiger partial charge in [-0.25, -0.2) is 0 Å². The van der Waals surface area contributed by atoms with E-state index in [2.05, 4.69) is 0 Å². The fraction of sp³-hybridized carbons (Fsp3) is 0.222. The molecule has 3 nitrogen and oxygen atoms in total. The Kier molecular flexibility index (Phi) is 2.59. The van der Waals surface area contributed by atoms with E-state index >= 15 is 0 Å². The van der Waals surface area contributed by atoms with E-state index in [0.29, 0.717) is 10.6 Å². The van der Waals surface area contributed by atoms with Crippen molar-refractivity contribution in [2.24, 2.45) is 11.5 Å². The van der Waals surface area contributed by atoms with Crippen LogP contribution in [0, 0.1) is 0 Å². The van der Waals surface area contributed by atoms with Crippen LogP contribution in [-0.4, -0.2) is 5.91 Å². The van der Waals surface area contributed by atoms with Crippen LogP contribution >= 0.6 is 11.6 Å². The maximum Gasteiger partial charge on any atom is 0.241 e. The van der Waals surface area contributed by atoms with E-state index < -0.39 is 11.4 Å². The summed E-state index contributed by atoms with van der Waals surface area (Å²) < 4.78 is 0. The number of halogens is 1. The first-order chi connectivity index (χ1) is 5.94. The van der Waals surface area contributed by atoms with Crippen molar-refractivity contribution >= 4 is 17.5 Å². The fourth-order valence-corrected chi connectivity index (χ4v) is 1.14. The number of hydrogen-bond donors (Lipinski definition) is 2. The molecule has 70 valence electrons. The molecule has 0 aliphatic heterocycles. The minimum Gasteiger partial charge on any atom is -0.368 e. The zero-order valence-corrected chi connectivity index (χ0v) is 8.01. The zero-order valence-electron chi connectivity index (χ0n) is 7.25. The van der Waals surface area contributed by atoms with Gasteiger partial charge in [0.05, 0.1) is 0 Å². The second kappa shape index (κ2) is 3.36. The van der Waals surface area contributed by atoms with E-state index in [9.17, 15) is 4.79 Å². The first-order valence-electron chi connectivity index (χ1n) is 3.79. The third-order valence-electron chi connectivity index (χ3n) is 1.94. The molecule has 1 amide bonds. The molecule has 4 N–H and O–H groups in total. The van der Waals surface area contributed by atoms with E-state index in [1.807, 2.05) is 0 Å². The van der Waals surface area contributed by atoms with Crippen LogP contribution in [0.4, 0.5) is 0 Å². The molecule has 0 heterocycles. The third kappa shape index (κ3) is 1.99. The van der Waals surface area contributed by atoms with Crippen molar-refractivity contribution in [3.8, 4) is 0 Å². The monoisotopic (exact) mass is 198 g/mol. The van der Waals surface area contributed by atoms with Crippen molar-refractivity contribution in [2.75, 3.05) is 0 Å². The number of hydrogen-bond acceptors (Lipinski definition) is 2. The second-order valence-corrected chi connectivity index (χ2v) is 3.51. The van der Waals surface area contributed by atoms with Gasteiger partial charge in [-0.15, -0.1) is 0 Å². The van der Waals surface area contributed by atoms with Gasteiger partial charge in [-0.3, -0.25) is 4.79 Å². The largest absolute Gasteiger partial charge is 0.368 e. The normalized spacial score (nSPS) is 15.0. The highest BCUT2D eigenvalue weighted by atomic mass is 35.5. The predicted octanol–water partition coefficient (Wildman–Crippen LogP) is 0.999. The van der Waals surface area contributed by atoms with Crippen LogP contribution in [0.25, 0.3) is 0 Å². The van der Waals surface area contributed by atoms with Gasteiger partial charge in [0.25, 0.3) is 0 Å². The minimum absolute atomic E-state index is 0.537. The number of amides is 1. The Hall–Kier alpha value is -1.06. The quantitative estimate of drug-likeness (QED) is 0.745. The first-order valence-corrected chi connectivity index (χ1v) is 4.17. The lowest BCUT2D eigenvalue weighted by atomic mass is 9.93. The highest BCUT2D eigenvalue weighted by molar-refractivity contribution is 6.30. The van der Waals surface area contributed by atoms with Crippen molar-refractivity contribution in [2.45, 2.75) is 12.5 Å². The molecule has 1 atom stereocenters. The van der Waals surface area contributed by atoms with E-state index in [1.54, 1.807) is 31.2 Å². The highest BCUT2D eigenvalue weighted by Crippen LogP contribution is 2.20. The molecule has 0 radical (unpaired) electrons. The first kappa shape index (κ1) is 10.0. The summed E-state index contributed by atoms with van der Waals surface area (Å²) in [5, 5.41) is 0.537. The summed E-state index contributed by atoms with van der Waals surface area (Å²) in [5.41, 5.74) is 10.3. The summed E-state index contributed by atoms with van der Waals surface area (Å²) in [6, 6.07) is 6.79. The van der Waals surface area contributed by atoms with E-state index in [4.69, 9.17) is 23.1 Å². The van der Waals surface area contributed by atoms with Gasteiger partial charge < -0.3 is 11.5 Å². The SMILES string of the molecule is CC(N)(C(N)=O)c1cccc(Cl)c1. The van der Waals surface area contributed by atoms with E-state index in [0.717, 1.165) is 0 Å². The van der Waals surface area contributed by atoms with Crippen LogP contribution in [0.5, 0.6) is 0 Å². The van der Waals surface area contributed by atoms with Gasteiger partial charge >= 0.3 is 0 Å². The van der Waals surface area contributed by atoms with Crippen LogP contribution in [0.2, 0.25) is 5.02 Å². The Morgan fingerprint density at radius 1 is 1.54 bits per heavy atom. The number of primary amides is 1. The van der Waals surface area contributed by atoms with Crippen molar-refractivity contribution in [3.63, 3.8) is 0 Å². The molecule has 1 aromatic carbocycles. The molecule has 0 aromatic heterocycles. The zero-order chi connectivity index (χ0) is 10.1. The van der Waals surface area contributed by atoms with Crippen molar-refractivity contribution in [3.05, 3.63) is 34.9 Å². The third-order valence-corrected chi connectivity index (χ3v) is 2.17. The molecule has 4 heteroatoms. The van der Waals surface area contributed by atoms with Crippen LogP contribution in [0.1, 0.15) is 12.5 Å². The Bertz CT molecular complexity index is 336. The summed E-state index contributed by atoms with van der Waals surface area (Å²) in [6.07, 6.45) is 0. The molecule has 1 unspecified atom stereocenters. The lowest BCUT2D eigenvalue weighted by Gasteiger charge is -2.20. The van der Waals surface area contributed by atoms with Crippen LogP contribution in [0.15, 0.2) is 24.3 Å². The summed E-state index contributed by atoms with van der Waals surface area (Å²) in [4.78, 5) is 11.0. The smallest absolute Gasteiger partial charge is 0.241 e. The molecule has 0 saturated heterocycles. The Morgan fingerprint density at radius 2 is 2.15 bits per heavy atom. The number of carbonyl (C=O) groups excluding carboxylic acids is 1. The standard InChI is InChI=1S/C9H11ClN2O/c1-9(12,8(11)13)6-3-2-4-7(10)5-6/h2-5H,12H2,1H3,(H2,11,13). The maximum atomic E-state index is 11.0. The van der Waals surface area contributed by atoms with Gasteiger partial charge in [-0.1, -0.05) is 23.7 Å². The molecule has 0 fully saturated rings. The molecular weight excluding hydrogens is 188 g/mol. The van der Waals surface area contributed by atoms with Gasteiger partial charge in [0.2, 0.25) is 5.91 Å². The summed E-state index contributed by atoms with van der Waals surface area (Å²) in [5.74, 6) is -0.574. The Balaban J connectivity index is 3.14. The molecule has 0 aliphatic rings. The number of carbonyl (C=O) groups is 1. The van der Waals surface area contributed by atoms with Gasteiger partial charge in [0, 0.05) is 5.02 Å². The number of rotatable bonds is 2. The summed E-state index contributed by atoms with van der Waals surface area (Å²) in [6.45, 7) is 1.56. The molecule has 1 rings (SSSR count). The van der Waals surface area contributed by atoms with Crippen LogP contribution in [0.3, 0.4) is 0 Å². The van der Waals surface area contributed by atoms with Gasteiger partial charge in [-0.05, 0) is 24.6 Å².